The number of aromatic carboxylic acids is 1. The first-order chi connectivity index (χ1) is 11.5. The number of carbonyl (C=O) groups excluding carboxylic acids is 1. The summed E-state index contributed by atoms with van der Waals surface area (Å²) in [5, 5.41) is 11.3. The van der Waals surface area contributed by atoms with Gasteiger partial charge in [-0.25, -0.2) is 4.39 Å². The highest BCUT2D eigenvalue weighted by molar-refractivity contribution is 5.90. The second-order valence-electron chi connectivity index (χ2n) is 6.22. The van der Waals surface area contributed by atoms with E-state index in [0.29, 0.717) is 11.6 Å². The maximum Gasteiger partial charge on any atom is 0.417 e. The Hall–Kier alpha value is -2.44. The topological polar surface area (TPSA) is 53.0 Å². The molecule has 0 N–H and O–H groups in total. The summed E-state index contributed by atoms with van der Waals surface area (Å²) in [7, 11) is 0. The molecule has 2 aromatic rings. The number of nitrogens with zero attached hydrogens (tertiary/aromatic N) is 1. The van der Waals surface area contributed by atoms with E-state index in [4.69, 9.17) is 0 Å². The lowest BCUT2D eigenvalue weighted by Gasteiger charge is -2.20. The highest BCUT2D eigenvalue weighted by Crippen LogP contribution is 2.36. The van der Waals surface area contributed by atoms with E-state index in [9.17, 15) is 27.5 Å². The highest BCUT2D eigenvalue weighted by atomic mass is 19.4. The minimum Gasteiger partial charge on any atom is -0.545 e. The predicted octanol–water partition coefficient (Wildman–Crippen LogP) is 3.78. The number of rotatable bonds is 4. The van der Waals surface area contributed by atoms with E-state index in [-0.39, 0.29) is 29.3 Å². The van der Waals surface area contributed by atoms with E-state index in [1.54, 1.807) is 13.8 Å². The lowest BCUT2D eigenvalue weighted by molar-refractivity contribution is -0.256. The first-order valence-corrected chi connectivity index (χ1v) is 7.59. The molecule has 25 heavy (non-hydrogen) atoms. The van der Waals surface area contributed by atoms with Crippen molar-refractivity contribution in [3.63, 3.8) is 0 Å². The molecule has 1 heterocycles. The van der Waals surface area contributed by atoms with E-state index >= 15 is 0 Å². The van der Waals surface area contributed by atoms with Crippen molar-refractivity contribution in [2.75, 3.05) is 0 Å². The number of hydrogen-bond acceptors (Lipinski definition) is 3. The first kappa shape index (κ1) is 18.9. The van der Waals surface area contributed by atoms with Gasteiger partial charge in [0.15, 0.2) is 0 Å². The lowest BCUT2D eigenvalue weighted by atomic mass is 9.96. The fraction of sp³-hybridized carbons (Fsp3) is 0.333. The van der Waals surface area contributed by atoms with E-state index in [1.807, 2.05) is 0 Å². The third-order valence-electron chi connectivity index (χ3n) is 3.67. The zero-order valence-electron chi connectivity index (χ0n) is 13.9. The number of aryl methyl sites for hydroxylation is 1. The Balaban J connectivity index is 2.77. The summed E-state index contributed by atoms with van der Waals surface area (Å²) in [5.74, 6) is -2.64. The van der Waals surface area contributed by atoms with Gasteiger partial charge in [0.1, 0.15) is 5.82 Å². The van der Waals surface area contributed by atoms with Gasteiger partial charge in [-0.1, -0.05) is 26.0 Å². The van der Waals surface area contributed by atoms with Gasteiger partial charge < -0.3 is 9.90 Å². The van der Waals surface area contributed by atoms with Crippen LogP contribution in [0, 0.1) is 18.7 Å². The summed E-state index contributed by atoms with van der Waals surface area (Å²) >= 11 is 0. The van der Waals surface area contributed by atoms with Crippen LogP contribution in [0.4, 0.5) is 17.6 Å². The van der Waals surface area contributed by atoms with Crippen molar-refractivity contribution in [3.05, 3.63) is 52.5 Å². The third kappa shape index (κ3) is 4.15. The summed E-state index contributed by atoms with van der Waals surface area (Å²) in [6.07, 6.45) is -4.88. The van der Waals surface area contributed by atoms with Crippen LogP contribution in [0.25, 0.3) is 11.3 Å². The van der Waals surface area contributed by atoms with Crippen LogP contribution in [0.5, 0.6) is 0 Å². The molecule has 0 saturated carbocycles. The van der Waals surface area contributed by atoms with Gasteiger partial charge in [0, 0.05) is 11.1 Å². The molecular weight excluding hydrogens is 338 g/mol. The van der Waals surface area contributed by atoms with Crippen LogP contribution in [-0.4, -0.2) is 11.0 Å². The molecule has 0 bridgehead atoms. The Labute approximate surface area is 142 Å². The molecule has 7 heteroatoms. The van der Waals surface area contributed by atoms with Crippen molar-refractivity contribution in [3.8, 4) is 11.3 Å². The maximum absolute atomic E-state index is 13.8. The molecule has 134 valence electrons. The summed E-state index contributed by atoms with van der Waals surface area (Å²) in [4.78, 5) is 15.4. The van der Waals surface area contributed by atoms with Gasteiger partial charge in [-0.05, 0) is 37.0 Å². The molecule has 0 unspecified atom stereocenters. The summed E-state index contributed by atoms with van der Waals surface area (Å²) in [6.45, 7) is 4.98. The molecule has 0 aliphatic carbocycles. The van der Waals surface area contributed by atoms with E-state index in [1.165, 1.54) is 19.1 Å². The molecule has 3 nitrogen and oxygen atoms in total. The van der Waals surface area contributed by atoms with Crippen molar-refractivity contribution in [2.24, 2.45) is 5.92 Å². The van der Waals surface area contributed by atoms with Crippen LogP contribution in [0.2, 0.25) is 0 Å². The summed E-state index contributed by atoms with van der Waals surface area (Å²) in [5.41, 5.74) is -2.17. The molecule has 0 atom stereocenters. The number of carboxylic acids is 1. The molecule has 1 aromatic heterocycles. The Morgan fingerprint density at radius 2 is 1.88 bits per heavy atom. The van der Waals surface area contributed by atoms with Crippen molar-refractivity contribution in [1.29, 1.82) is 0 Å². The number of aromatic nitrogens is 1. The molecular formula is C18H16F4NO2-. The van der Waals surface area contributed by atoms with E-state index in [2.05, 4.69) is 4.98 Å². The Morgan fingerprint density at radius 3 is 2.36 bits per heavy atom. The average molecular weight is 354 g/mol. The van der Waals surface area contributed by atoms with Crippen molar-refractivity contribution in [1.82, 2.24) is 4.98 Å². The van der Waals surface area contributed by atoms with Crippen LogP contribution in [-0.2, 0) is 12.6 Å². The SMILES string of the molecule is Cc1ccc(-c2cc(C(F)(F)F)c(C(=O)[O-])c(CC(C)C)n2)cc1F. The van der Waals surface area contributed by atoms with Gasteiger partial charge in [0.2, 0.25) is 0 Å². The number of benzene rings is 1. The zero-order chi connectivity index (χ0) is 18.9. The first-order valence-electron chi connectivity index (χ1n) is 7.59. The summed E-state index contributed by atoms with van der Waals surface area (Å²) in [6, 6.07) is 4.57. The van der Waals surface area contributed by atoms with Gasteiger partial charge in [-0.15, -0.1) is 0 Å². The number of hydrogen-bond donors (Lipinski definition) is 0. The molecule has 0 aliphatic rings. The maximum atomic E-state index is 13.8. The molecule has 0 radical (unpaired) electrons. The van der Waals surface area contributed by atoms with Crippen LogP contribution >= 0.6 is 0 Å². The minimum atomic E-state index is -4.90. The standard InChI is InChI=1S/C18H17F4NO2/c1-9(2)6-15-16(17(24)25)12(18(20,21)22)8-14(23-15)11-5-4-10(3)13(19)7-11/h4-5,7-9H,6H2,1-3H3,(H,24,25)/p-1. The zero-order valence-corrected chi connectivity index (χ0v) is 13.9. The molecule has 1 aromatic carbocycles. The number of carboxylic acid groups (broad SMARTS) is 1. The van der Waals surface area contributed by atoms with Gasteiger partial charge in [-0.2, -0.15) is 13.2 Å². The number of halogens is 4. The second-order valence-corrected chi connectivity index (χ2v) is 6.22. The van der Waals surface area contributed by atoms with Gasteiger partial charge >= 0.3 is 6.18 Å². The molecule has 0 saturated heterocycles. The van der Waals surface area contributed by atoms with E-state index in [0.717, 1.165) is 6.07 Å². The van der Waals surface area contributed by atoms with Crippen LogP contribution in [0.15, 0.2) is 24.3 Å². The monoisotopic (exact) mass is 354 g/mol. The molecule has 0 spiro atoms. The highest BCUT2D eigenvalue weighted by Gasteiger charge is 2.36. The molecule has 0 aliphatic heterocycles. The Morgan fingerprint density at radius 1 is 1.24 bits per heavy atom. The molecule has 0 amide bonds. The lowest BCUT2D eigenvalue weighted by Crippen LogP contribution is -2.29. The number of pyridine rings is 1. The smallest absolute Gasteiger partial charge is 0.417 e. The van der Waals surface area contributed by atoms with Crippen LogP contribution in [0.1, 0.15) is 41.0 Å². The molecule has 0 fully saturated rings. The fourth-order valence-electron chi connectivity index (χ4n) is 2.48. The molecule has 2 rings (SSSR count). The largest absolute Gasteiger partial charge is 0.545 e. The minimum absolute atomic E-state index is 0.0224. The van der Waals surface area contributed by atoms with E-state index < -0.39 is 29.1 Å². The average Bonchev–Trinajstić information content (AvgIpc) is 2.47. The van der Waals surface area contributed by atoms with Crippen LogP contribution in [0.3, 0.4) is 0 Å². The second kappa shape index (κ2) is 6.82. The van der Waals surface area contributed by atoms with Crippen molar-refractivity contribution in [2.45, 2.75) is 33.4 Å². The van der Waals surface area contributed by atoms with Gasteiger partial charge in [0.05, 0.1) is 22.9 Å². The third-order valence-corrected chi connectivity index (χ3v) is 3.67. The summed E-state index contributed by atoms with van der Waals surface area (Å²) < 4.78 is 53.9. The normalized spacial score (nSPS) is 11.8. The fourth-order valence-corrected chi connectivity index (χ4v) is 2.48. The van der Waals surface area contributed by atoms with Crippen LogP contribution < -0.4 is 5.11 Å². The van der Waals surface area contributed by atoms with Gasteiger partial charge in [-0.3, -0.25) is 4.98 Å². The Kier molecular flexibility index (Phi) is 5.15. The quantitative estimate of drug-likeness (QED) is 0.786. The van der Waals surface area contributed by atoms with Crippen molar-refractivity contribution < 1.29 is 27.5 Å². The van der Waals surface area contributed by atoms with Crippen molar-refractivity contribution >= 4 is 5.97 Å². The number of carbonyl (C=O) groups is 1. The number of alkyl halides is 3. The van der Waals surface area contributed by atoms with Gasteiger partial charge in [0.25, 0.3) is 0 Å². The Bertz CT molecular complexity index is 813. The predicted molar refractivity (Wildman–Crippen MR) is 82.2 cm³/mol.